The Morgan fingerprint density at radius 2 is 1.73 bits per heavy atom. The van der Waals surface area contributed by atoms with E-state index in [9.17, 15) is 9.59 Å². The van der Waals surface area contributed by atoms with Gasteiger partial charge in [-0.05, 0) is 43.1 Å². The zero-order valence-electron chi connectivity index (χ0n) is 16.4. The molecule has 1 rings (SSSR count). The molecule has 0 atom stereocenters. The second-order valence-electron chi connectivity index (χ2n) is 7.91. The van der Waals surface area contributed by atoms with Crippen molar-refractivity contribution in [1.29, 1.82) is 5.41 Å². The molecule has 1 aromatic carbocycles. The second kappa shape index (κ2) is 11.5. The minimum absolute atomic E-state index is 0.0481. The third kappa shape index (κ3) is 10.7. The summed E-state index contributed by atoms with van der Waals surface area (Å²) in [5, 5.41) is 7.86. The average molecular weight is 357 g/mol. The largest absolute Gasteiger partial charge is 0.302 e. The van der Waals surface area contributed by atoms with Gasteiger partial charge in [0.2, 0.25) is 0 Å². The first-order valence-corrected chi connectivity index (χ1v) is 9.45. The first-order chi connectivity index (χ1) is 12.3. The summed E-state index contributed by atoms with van der Waals surface area (Å²) in [5.41, 5.74) is 1.55. The van der Waals surface area contributed by atoms with Crippen LogP contribution in [0.2, 0.25) is 0 Å². The van der Waals surface area contributed by atoms with E-state index in [4.69, 9.17) is 5.41 Å². The molecule has 0 aliphatic heterocycles. The molecule has 0 fully saturated rings. The number of hydrogen-bond acceptors (Lipinski definition) is 4. The molecule has 0 aliphatic carbocycles. The number of ketones is 2. The average Bonchev–Trinajstić information content (AvgIpc) is 2.59. The number of hydrogen-bond donors (Lipinski definition) is 1. The Labute approximate surface area is 157 Å². The van der Waals surface area contributed by atoms with Crippen molar-refractivity contribution in [3.8, 4) is 0 Å². The van der Waals surface area contributed by atoms with Crippen LogP contribution in [-0.4, -0.2) is 30.0 Å². The van der Waals surface area contributed by atoms with Crippen molar-refractivity contribution < 1.29 is 9.59 Å². The lowest BCUT2D eigenvalue weighted by Crippen LogP contribution is -2.13. The van der Waals surface area contributed by atoms with E-state index in [1.165, 1.54) is 11.8 Å². The molecule has 0 radical (unpaired) electrons. The minimum atomic E-state index is -0.0776. The van der Waals surface area contributed by atoms with Gasteiger partial charge in [-0.1, -0.05) is 51.1 Å². The minimum Gasteiger partial charge on any atom is -0.302 e. The van der Waals surface area contributed by atoms with Gasteiger partial charge in [-0.15, -0.1) is 0 Å². The SMILES string of the molecule is CC(C)(C)CCC(=O)/C=N\CCCC(=N)C(=O)CCCc1ccccc1. The second-order valence-corrected chi connectivity index (χ2v) is 7.91. The Morgan fingerprint density at radius 3 is 2.38 bits per heavy atom. The van der Waals surface area contributed by atoms with Gasteiger partial charge in [0, 0.05) is 19.4 Å². The quantitative estimate of drug-likeness (QED) is 0.430. The summed E-state index contributed by atoms with van der Waals surface area (Å²) in [6.07, 6.45) is 5.87. The molecule has 0 amide bonds. The van der Waals surface area contributed by atoms with E-state index < -0.39 is 0 Å². The van der Waals surface area contributed by atoms with E-state index in [1.54, 1.807) is 0 Å². The van der Waals surface area contributed by atoms with Gasteiger partial charge < -0.3 is 5.41 Å². The number of aryl methyl sites for hydroxylation is 1. The lowest BCUT2D eigenvalue weighted by atomic mass is 9.90. The number of aliphatic imine (C=N–C) groups is 1. The lowest BCUT2D eigenvalue weighted by Gasteiger charge is -2.16. The summed E-state index contributed by atoms with van der Waals surface area (Å²) in [6.45, 7) is 6.82. The Hall–Kier alpha value is -2.10. The third-order valence-corrected chi connectivity index (χ3v) is 4.12. The molecule has 142 valence electrons. The molecule has 1 N–H and O–H groups in total. The zero-order chi connectivity index (χ0) is 19.4. The smallest absolute Gasteiger partial charge is 0.176 e. The lowest BCUT2D eigenvalue weighted by molar-refractivity contribution is -0.113. The molecule has 0 unspecified atom stereocenters. The van der Waals surface area contributed by atoms with Gasteiger partial charge >= 0.3 is 0 Å². The highest BCUT2D eigenvalue weighted by molar-refractivity contribution is 6.38. The maximum absolute atomic E-state index is 12.0. The fourth-order valence-electron chi connectivity index (χ4n) is 2.46. The van der Waals surface area contributed by atoms with E-state index in [0.29, 0.717) is 32.2 Å². The Bertz CT molecular complexity index is 613. The van der Waals surface area contributed by atoms with Crippen LogP contribution in [0.1, 0.15) is 64.9 Å². The van der Waals surface area contributed by atoms with E-state index >= 15 is 0 Å². The van der Waals surface area contributed by atoms with E-state index in [0.717, 1.165) is 19.3 Å². The Kier molecular flexibility index (Phi) is 9.71. The van der Waals surface area contributed by atoms with Crippen LogP contribution in [0.15, 0.2) is 35.3 Å². The molecule has 0 saturated carbocycles. The summed E-state index contributed by atoms with van der Waals surface area (Å²) in [6, 6.07) is 10.1. The summed E-state index contributed by atoms with van der Waals surface area (Å²) in [7, 11) is 0. The summed E-state index contributed by atoms with van der Waals surface area (Å²) in [5.74, 6) is -0.0295. The van der Waals surface area contributed by atoms with Gasteiger partial charge in [-0.25, -0.2) is 0 Å². The van der Waals surface area contributed by atoms with E-state index in [1.807, 2.05) is 18.2 Å². The van der Waals surface area contributed by atoms with Crippen LogP contribution in [0.25, 0.3) is 0 Å². The topological polar surface area (TPSA) is 70.3 Å². The van der Waals surface area contributed by atoms with Crippen LogP contribution in [0.3, 0.4) is 0 Å². The molecule has 4 nitrogen and oxygen atoms in total. The van der Waals surface area contributed by atoms with Crippen molar-refractivity contribution in [3.63, 3.8) is 0 Å². The van der Waals surface area contributed by atoms with Gasteiger partial charge in [0.25, 0.3) is 0 Å². The Morgan fingerprint density at radius 1 is 1.04 bits per heavy atom. The van der Waals surface area contributed by atoms with Crippen LogP contribution >= 0.6 is 0 Å². The summed E-state index contributed by atoms with van der Waals surface area (Å²) >= 11 is 0. The molecule has 0 aromatic heterocycles. The molecule has 0 heterocycles. The van der Waals surface area contributed by atoms with Crippen LogP contribution in [0.4, 0.5) is 0 Å². The Balaban J connectivity index is 2.14. The van der Waals surface area contributed by atoms with Gasteiger partial charge in [0.05, 0.1) is 11.9 Å². The highest BCUT2D eigenvalue weighted by atomic mass is 16.1. The third-order valence-electron chi connectivity index (χ3n) is 4.12. The van der Waals surface area contributed by atoms with Crippen LogP contribution in [0.5, 0.6) is 0 Å². The molecule has 0 bridgehead atoms. The van der Waals surface area contributed by atoms with E-state index in [-0.39, 0.29) is 22.7 Å². The number of nitrogens with one attached hydrogen (secondary N) is 1. The van der Waals surface area contributed by atoms with E-state index in [2.05, 4.69) is 37.9 Å². The molecular formula is C22H32N2O2. The number of benzene rings is 1. The van der Waals surface area contributed by atoms with Crippen molar-refractivity contribution in [3.05, 3.63) is 35.9 Å². The molecular weight excluding hydrogens is 324 g/mol. The zero-order valence-corrected chi connectivity index (χ0v) is 16.4. The molecule has 1 aromatic rings. The summed E-state index contributed by atoms with van der Waals surface area (Å²) in [4.78, 5) is 27.8. The molecule has 0 spiro atoms. The standard InChI is InChI=1S/C22H32N2O2/c1-22(2,3)15-14-19(25)17-24-16-8-12-20(23)21(26)13-7-11-18-9-5-4-6-10-18/h4-6,9-10,17,23H,7-8,11-16H2,1-3H3/b23-20?,24-17-. The number of carbonyl (C=O) groups is 2. The maximum Gasteiger partial charge on any atom is 0.176 e. The number of rotatable bonds is 12. The predicted octanol–water partition coefficient (Wildman–Crippen LogP) is 4.84. The van der Waals surface area contributed by atoms with Crippen molar-refractivity contribution >= 4 is 23.5 Å². The first kappa shape index (κ1) is 21.9. The van der Waals surface area contributed by atoms with Crippen molar-refractivity contribution in [1.82, 2.24) is 0 Å². The molecule has 0 saturated heterocycles. The fraction of sp³-hybridized carbons (Fsp3) is 0.545. The van der Waals surface area contributed by atoms with Gasteiger partial charge in [0.15, 0.2) is 11.6 Å². The van der Waals surface area contributed by atoms with Crippen molar-refractivity contribution in [2.24, 2.45) is 10.4 Å². The highest BCUT2D eigenvalue weighted by Gasteiger charge is 2.12. The van der Waals surface area contributed by atoms with Crippen LogP contribution in [-0.2, 0) is 16.0 Å². The molecule has 0 aliphatic rings. The molecule has 26 heavy (non-hydrogen) atoms. The predicted molar refractivity (Wildman–Crippen MR) is 108 cm³/mol. The van der Waals surface area contributed by atoms with Gasteiger partial charge in [-0.2, -0.15) is 0 Å². The monoisotopic (exact) mass is 356 g/mol. The van der Waals surface area contributed by atoms with Crippen molar-refractivity contribution in [2.75, 3.05) is 6.54 Å². The first-order valence-electron chi connectivity index (χ1n) is 9.45. The normalized spacial score (nSPS) is 11.7. The number of nitrogens with zero attached hydrogens (tertiary/aromatic N) is 1. The van der Waals surface area contributed by atoms with Crippen molar-refractivity contribution in [2.45, 2.75) is 65.7 Å². The number of carbonyl (C=O) groups excluding carboxylic acids is 2. The maximum atomic E-state index is 12.0. The van der Waals surface area contributed by atoms with Gasteiger partial charge in [-0.3, -0.25) is 14.6 Å². The fourth-order valence-corrected chi connectivity index (χ4v) is 2.46. The van der Waals surface area contributed by atoms with Crippen LogP contribution in [0, 0.1) is 10.8 Å². The highest BCUT2D eigenvalue weighted by Crippen LogP contribution is 2.20. The van der Waals surface area contributed by atoms with Crippen LogP contribution < -0.4 is 0 Å². The molecule has 4 heteroatoms. The van der Waals surface area contributed by atoms with Gasteiger partial charge in [0.1, 0.15) is 0 Å². The summed E-state index contributed by atoms with van der Waals surface area (Å²) < 4.78 is 0. The number of Topliss-reactive ketones (excluding diaryl/α,β-unsaturated/α-hetero) is 2.